The Morgan fingerprint density at radius 3 is 0.740 bits per heavy atom. The summed E-state index contributed by atoms with van der Waals surface area (Å²) in [4.78, 5) is 20.4. The van der Waals surface area contributed by atoms with Crippen LogP contribution in [0, 0.1) is 0 Å². The van der Waals surface area contributed by atoms with Gasteiger partial charge in [0.05, 0.1) is 56.4 Å². The normalized spacial score (nSPS) is 11.4. The Kier molecular flexibility index (Phi) is 47.9. The third-order valence-electron chi connectivity index (χ3n) is 7.29. The molecule has 6 heteroatoms. The molecule has 300 valence electrons. The van der Waals surface area contributed by atoms with Crippen molar-refractivity contribution in [1.82, 2.24) is 0 Å². The first kappa shape index (κ1) is 55.1. The lowest BCUT2D eigenvalue weighted by Gasteiger charge is -2.14. The lowest BCUT2D eigenvalue weighted by molar-refractivity contribution is -0.849. The number of hydrogen-bond donors (Lipinski definition) is 0. The summed E-state index contributed by atoms with van der Waals surface area (Å²) in [6.45, 7) is 4.51. The monoisotopic (exact) mass is 711 g/mol. The molecular weight excluding hydrogens is 620 g/mol. The number of allylic oxidation sites excluding steroid dienone is 4. The number of carbonyl (C=O) groups excluding carboxylic acids is 2. The van der Waals surface area contributed by atoms with Crippen LogP contribution in [-0.4, -0.2) is 77.3 Å². The summed E-state index contributed by atoms with van der Waals surface area (Å²) >= 11 is 0. The standard InChI is InChI=1S/2C18H34O2.2C4H12N/c2*1-2-3-4-5-6-7-8-9-10-11-12-13-14-15-16-17-18(19)20;2*1-5(2,3)4/h2*9-10H,2-8,11-17H2,1H3,(H,19,20);2*1-4H3/q;;2*+1/p-2/b2*10-9-;;. The van der Waals surface area contributed by atoms with Crippen LogP contribution in [0.25, 0.3) is 0 Å². The van der Waals surface area contributed by atoms with Crippen molar-refractivity contribution in [3.63, 3.8) is 0 Å². The molecule has 0 atom stereocenters. The predicted molar refractivity (Wildman–Crippen MR) is 217 cm³/mol. The van der Waals surface area contributed by atoms with Gasteiger partial charge in [-0.15, -0.1) is 0 Å². The average Bonchev–Trinajstić information content (AvgIpc) is 2.99. The highest BCUT2D eigenvalue weighted by Crippen LogP contribution is 2.11. The highest BCUT2D eigenvalue weighted by atomic mass is 16.4. The number of carboxylic acid groups (broad SMARTS) is 2. The molecule has 0 aliphatic rings. The van der Waals surface area contributed by atoms with Crippen molar-refractivity contribution in [2.45, 2.75) is 194 Å². The molecule has 0 heterocycles. The molecule has 50 heavy (non-hydrogen) atoms. The lowest BCUT2D eigenvalue weighted by atomic mass is 10.1. The summed E-state index contributed by atoms with van der Waals surface area (Å²) in [7, 11) is 17.0. The van der Waals surface area contributed by atoms with Gasteiger partial charge in [0.2, 0.25) is 0 Å². The number of rotatable bonds is 30. The van der Waals surface area contributed by atoms with Gasteiger partial charge in [-0.1, -0.05) is 141 Å². The van der Waals surface area contributed by atoms with Gasteiger partial charge in [0.1, 0.15) is 0 Å². The Balaban J connectivity index is -0.000000332. The van der Waals surface area contributed by atoms with Crippen LogP contribution < -0.4 is 10.2 Å². The number of quaternary nitrogens is 2. The first-order chi connectivity index (χ1) is 23.5. The van der Waals surface area contributed by atoms with Crippen LogP contribution in [0.4, 0.5) is 0 Å². The molecule has 0 unspecified atom stereocenters. The van der Waals surface area contributed by atoms with E-state index >= 15 is 0 Å². The van der Waals surface area contributed by atoms with Crippen LogP contribution in [0.3, 0.4) is 0 Å². The van der Waals surface area contributed by atoms with Crippen molar-refractivity contribution < 1.29 is 28.8 Å². The summed E-state index contributed by atoms with van der Waals surface area (Å²) in [6, 6.07) is 0. The zero-order chi connectivity index (χ0) is 38.8. The maximum Gasteiger partial charge on any atom is 0.0675 e. The maximum absolute atomic E-state index is 10.2. The fourth-order valence-electron chi connectivity index (χ4n) is 4.68. The third-order valence-corrected chi connectivity index (χ3v) is 7.29. The van der Waals surface area contributed by atoms with Crippen molar-refractivity contribution in [3.8, 4) is 0 Å². The van der Waals surface area contributed by atoms with E-state index < -0.39 is 11.9 Å². The molecule has 0 fully saturated rings. The number of aliphatic carboxylic acids is 2. The number of nitrogens with zero attached hydrogens (tertiary/aromatic N) is 2. The van der Waals surface area contributed by atoms with Crippen LogP contribution in [0.15, 0.2) is 24.3 Å². The minimum Gasteiger partial charge on any atom is -0.550 e. The Morgan fingerprint density at radius 1 is 0.360 bits per heavy atom. The van der Waals surface area contributed by atoms with E-state index in [0.717, 1.165) is 47.5 Å². The Hall–Kier alpha value is -1.66. The van der Waals surface area contributed by atoms with E-state index in [0.29, 0.717) is 0 Å². The fraction of sp³-hybridized carbons (Fsp3) is 0.864. The molecule has 0 aromatic carbocycles. The van der Waals surface area contributed by atoms with Crippen LogP contribution >= 0.6 is 0 Å². The number of carboxylic acids is 2. The predicted octanol–water partition coefficient (Wildman–Crippen LogP) is 10.2. The third kappa shape index (κ3) is 91.1. The summed E-state index contributed by atoms with van der Waals surface area (Å²) in [5, 5.41) is 20.4. The highest BCUT2D eigenvalue weighted by Gasteiger charge is 1.93. The minimum absolute atomic E-state index is 0.220. The molecule has 0 aromatic rings. The molecule has 0 saturated heterocycles. The smallest absolute Gasteiger partial charge is 0.0675 e. The second-order valence-electron chi connectivity index (χ2n) is 16.8. The van der Waals surface area contributed by atoms with Crippen LogP contribution in [-0.2, 0) is 9.59 Å². The van der Waals surface area contributed by atoms with Gasteiger partial charge in [0.15, 0.2) is 0 Å². The van der Waals surface area contributed by atoms with Crippen molar-refractivity contribution in [1.29, 1.82) is 0 Å². The first-order valence-corrected chi connectivity index (χ1v) is 20.8. The van der Waals surface area contributed by atoms with E-state index in [9.17, 15) is 19.8 Å². The molecule has 0 rings (SSSR count). The van der Waals surface area contributed by atoms with Gasteiger partial charge in [-0.3, -0.25) is 0 Å². The Morgan fingerprint density at radius 2 is 0.540 bits per heavy atom. The SMILES string of the molecule is CCCCCCCC/C=C\CCCCCCCC(=O)[O-].CCCCCCCC/C=C\CCCCCCCC(=O)[O-].C[N+](C)(C)C.C[N+](C)(C)C. The largest absolute Gasteiger partial charge is 0.550 e. The lowest BCUT2D eigenvalue weighted by Crippen LogP contribution is -2.27. The molecule has 0 N–H and O–H groups in total. The van der Waals surface area contributed by atoms with E-state index in [2.05, 4.69) is 94.5 Å². The molecule has 0 radical (unpaired) electrons. The average molecular weight is 711 g/mol. The molecule has 6 nitrogen and oxygen atoms in total. The topological polar surface area (TPSA) is 80.3 Å². The van der Waals surface area contributed by atoms with Gasteiger partial charge in [-0.2, -0.15) is 0 Å². The van der Waals surface area contributed by atoms with E-state index in [-0.39, 0.29) is 12.8 Å². The molecule has 0 spiro atoms. The molecule has 0 aliphatic carbocycles. The highest BCUT2D eigenvalue weighted by molar-refractivity contribution is 5.64. The molecule has 0 amide bonds. The van der Waals surface area contributed by atoms with Gasteiger partial charge >= 0.3 is 0 Å². The molecule has 0 aliphatic heterocycles. The summed E-state index contributed by atoms with van der Waals surface area (Å²) < 4.78 is 2.00. The number of unbranched alkanes of at least 4 members (excludes halogenated alkanes) is 22. The molecule has 0 aromatic heterocycles. The molecule has 0 saturated carbocycles. The van der Waals surface area contributed by atoms with E-state index in [1.807, 2.05) is 0 Å². The van der Waals surface area contributed by atoms with Crippen LogP contribution in [0.5, 0.6) is 0 Å². The zero-order valence-electron chi connectivity index (χ0n) is 35.6. The summed E-state index contributed by atoms with van der Waals surface area (Å²) in [5.41, 5.74) is 0. The quantitative estimate of drug-likeness (QED) is 0.0422. The number of hydrogen-bond acceptors (Lipinski definition) is 4. The van der Waals surface area contributed by atoms with Crippen LogP contribution in [0.2, 0.25) is 0 Å². The van der Waals surface area contributed by atoms with Gasteiger partial charge in [-0.05, 0) is 77.0 Å². The Labute approximate surface area is 314 Å². The zero-order valence-corrected chi connectivity index (χ0v) is 35.6. The van der Waals surface area contributed by atoms with Crippen LogP contribution in [0.1, 0.15) is 194 Å². The van der Waals surface area contributed by atoms with E-state index in [1.54, 1.807) is 0 Å². The van der Waals surface area contributed by atoms with Crippen molar-refractivity contribution >= 4 is 11.9 Å². The maximum atomic E-state index is 10.2. The van der Waals surface area contributed by atoms with Gasteiger partial charge in [0, 0.05) is 11.9 Å². The van der Waals surface area contributed by atoms with Crippen molar-refractivity contribution in [2.75, 3.05) is 56.4 Å². The minimum atomic E-state index is -0.914. The second-order valence-corrected chi connectivity index (χ2v) is 16.8. The fourth-order valence-corrected chi connectivity index (χ4v) is 4.68. The molecular formula is C44H90N2O4. The molecule has 0 bridgehead atoms. The van der Waals surface area contributed by atoms with E-state index in [4.69, 9.17) is 0 Å². The Bertz CT molecular complexity index is 661. The van der Waals surface area contributed by atoms with Crippen molar-refractivity contribution in [3.05, 3.63) is 24.3 Å². The van der Waals surface area contributed by atoms with E-state index in [1.165, 1.54) is 128 Å². The van der Waals surface area contributed by atoms with Gasteiger partial charge in [0.25, 0.3) is 0 Å². The first-order valence-electron chi connectivity index (χ1n) is 20.8. The van der Waals surface area contributed by atoms with Gasteiger partial charge < -0.3 is 28.8 Å². The van der Waals surface area contributed by atoms with Crippen molar-refractivity contribution in [2.24, 2.45) is 0 Å². The van der Waals surface area contributed by atoms with Gasteiger partial charge in [-0.25, -0.2) is 0 Å². The number of carbonyl (C=O) groups is 2. The summed E-state index contributed by atoms with van der Waals surface area (Å²) in [5.74, 6) is -1.83. The second kappa shape index (κ2) is 43.5. The summed E-state index contributed by atoms with van der Waals surface area (Å²) in [6.07, 6.45) is 41.8.